The van der Waals surface area contributed by atoms with Crippen molar-refractivity contribution in [1.29, 1.82) is 0 Å². The third-order valence-corrected chi connectivity index (χ3v) is 3.84. The molecular weight excluding hydrogens is 300 g/mol. The second-order valence-corrected chi connectivity index (χ2v) is 5.40. The Hall–Kier alpha value is -2.54. The van der Waals surface area contributed by atoms with Crippen LogP contribution in [0.25, 0.3) is 11.3 Å². The first-order valence-electron chi connectivity index (χ1n) is 6.59. The van der Waals surface area contributed by atoms with E-state index in [1.165, 1.54) is 11.8 Å². The first-order chi connectivity index (χ1) is 10.7. The van der Waals surface area contributed by atoms with Gasteiger partial charge in [0.05, 0.1) is 5.69 Å². The molecule has 0 fully saturated rings. The van der Waals surface area contributed by atoms with Crippen molar-refractivity contribution in [2.24, 2.45) is 0 Å². The molecule has 0 radical (unpaired) electrons. The summed E-state index contributed by atoms with van der Waals surface area (Å²) in [5.74, 6) is 0.423. The molecule has 6 nitrogen and oxygen atoms in total. The van der Waals surface area contributed by atoms with Crippen LogP contribution in [0.1, 0.15) is 16.1 Å². The van der Waals surface area contributed by atoms with Crippen LogP contribution in [0.5, 0.6) is 0 Å². The van der Waals surface area contributed by atoms with Crippen molar-refractivity contribution in [3.8, 4) is 11.3 Å². The summed E-state index contributed by atoms with van der Waals surface area (Å²) in [6.07, 6.45) is 5.31. The number of hydrogen-bond acceptors (Lipinski definition) is 5. The van der Waals surface area contributed by atoms with Gasteiger partial charge in [-0.3, -0.25) is 14.9 Å². The van der Waals surface area contributed by atoms with Crippen LogP contribution in [-0.2, 0) is 0 Å². The summed E-state index contributed by atoms with van der Waals surface area (Å²) in [7, 11) is 0. The molecule has 0 aliphatic rings. The molecule has 3 heterocycles. The summed E-state index contributed by atoms with van der Waals surface area (Å²) >= 11 is 1.44. The Morgan fingerprint density at radius 3 is 2.73 bits per heavy atom. The quantitative estimate of drug-likeness (QED) is 0.721. The molecule has 0 atom stereocenters. The van der Waals surface area contributed by atoms with Gasteiger partial charge in [-0.2, -0.15) is 5.10 Å². The first-order valence-corrected chi connectivity index (χ1v) is 7.82. The van der Waals surface area contributed by atoms with Gasteiger partial charge in [0, 0.05) is 23.5 Å². The minimum atomic E-state index is -0.323. The Morgan fingerprint density at radius 2 is 2.05 bits per heavy atom. The minimum Gasteiger partial charge on any atom is -0.445 e. The van der Waals surface area contributed by atoms with Gasteiger partial charge in [-0.1, -0.05) is 11.8 Å². The average molecular weight is 314 g/mol. The van der Waals surface area contributed by atoms with Crippen molar-refractivity contribution in [1.82, 2.24) is 15.2 Å². The van der Waals surface area contributed by atoms with E-state index in [2.05, 4.69) is 20.5 Å². The summed E-state index contributed by atoms with van der Waals surface area (Å²) < 4.78 is 5.40. The highest BCUT2D eigenvalue weighted by molar-refractivity contribution is 7.98. The predicted octanol–water partition coefficient (Wildman–Crippen LogP) is 3.35. The molecule has 1 amide bonds. The van der Waals surface area contributed by atoms with Gasteiger partial charge in [0.15, 0.2) is 16.7 Å². The highest BCUT2D eigenvalue weighted by Gasteiger charge is 2.16. The van der Waals surface area contributed by atoms with Crippen LogP contribution < -0.4 is 5.32 Å². The number of carbonyl (C=O) groups is 1. The van der Waals surface area contributed by atoms with Gasteiger partial charge in [0.1, 0.15) is 0 Å². The number of thioether (sulfide) groups is 1. The number of hydrogen-bond donors (Lipinski definition) is 2. The molecule has 22 heavy (non-hydrogen) atoms. The van der Waals surface area contributed by atoms with Gasteiger partial charge in [-0.25, -0.2) is 0 Å². The summed E-state index contributed by atoms with van der Waals surface area (Å²) in [5, 5.41) is 10.5. The maximum atomic E-state index is 12.2. The highest BCUT2D eigenvalue weighted by Crippen LogP contribution is 2.26. The fourth-order valence-electron chi connectivity index (χ4n) is 2.04. The SMILES string of the molecule is CSc1ccc(C(=O)Nc2n[nH]c(-c3ccncc3)c2C)o1. The molecule has 0 saturated carbocycles. The van der Waals surface area contributed by atoms with Crippen molar-refractivity contribution in [3.63, 3.8) is 0 Å². The molecule has 0 bridgehead atoms. The van der Waals surface area contributed by atoms with E-state index in [4.69, 9.17) is 4.42 Å². The predicted molar refractivity (Wildman–Crippen MR) is 85.0 cm³/mol. The zero-order chi connectivity index (χ0) is 15.5. The van der Waals surface area contributed by atoms with Gasteiger partial charge >= 0.3 is 0 Å². The largest absolute Gasteiger partial charge is 0.445 e. The van der Waals surface area contributed by atoms with E-state index in [0.717, 1.165) is 16.8 Å². The Morgan fingerprint density at radius 1 is 1.27 bits per heavy atom. The lowest BCUT2D eigenvalue weighted by atomic mass is 10.1. The molecule has 0 aliphatic carbocycles. The zero-order valence-electron chi connectivity index (χ0n) is 12.1. The van der Waals surface area contributed by atoms with E-state index in [-0.39, 0.29) is 11.7 Å². The van der Waals surface area contributed by atoms with Gasteiger partial charge < -0.3 is 9.73 Å². The van der Waals surface area contributed by atoms with Crippen molar-refractivity contribution < 1.29 is 9.21 Å². The maximum Gasteiger partial charge on any atom is 0.292 e. The fourth-order valence-corrected chi connectivity index (χ4v) is 2.42. The molecule has 0 saturated heterocycles. The minimum absolute atomic E-state index is 0.261. The average Bonchev–Trinajstić information content (AvgIpc) is 3.16. The molecular formula is C15H14N4O2S. The standard InChI is InChI=1S/C15H14N4O2S/c1-9-13(10-5-7-16-8-6-10)18-19-14(9)17-15(20)11-3-4-12(21-11)22-2/h3-8H,1-2H3,(H2,17,18,19,20). The molecule has 0 spiro atoms. The lowest BCUT2D eigenvalue weighted by Crippen LogP contribution is -2.11. The Labute approximate surface area is 131 Å². The molecule has 3 aromatic heterocycles. The monoisotopic (exact) mass is 314 g/mol. The number of carbonyl (C=O) groups excluding carboxylic acids is 1. The van der Waals surface area contributed by atoms with Crippen LogP contribution in [0.4, 0.5) is 5.82 Å². The number of pyridine rings is 1. The molecule has 0 aliphatic heterocycles. The van der Waals surface area contributed by atoms with Gasteiger partial charge in [-0.15, -0.1) is 0 Å². The van der Waals surface area contributed by atoms with Crippen LogP contribution in [-0.4, -0.2) is 27.3 Å². The number of furan rings is 1. The van der Waals surface area contributed by atoms with Gasteiger partial charge in [0.2, 0.25) is 0 Å². The van der Waals surface area contributed by atoms with Gasteiger partial charge in [-0.05, 0) is 37.4 Å². The summed E-state index contributed by atoms with van der Waals surface area (Å²) in [6, 6.07) is 7.17. The van der Waals surface area contributed by atoms with Crippen molar-refractivity contribution in [2.75, 3.05) is 11.6 Å². The number of anilines is 1. The summed E-state index contributed by atoms with van der Waals surface area (Å²) in [4.78, 5) is 16.2. The second-order valence-electron chi connectivity index (χ2n) is 4.59. The van der Waals surface area contributed by atoms with E-state index in [1.807, 2.05) is 25.3 Å². The highest BCUT2D eigenvalue weighted by atomic mass is 32.2. The normalized spacial score (nSPS) is 10.6. The summed E-state index contributed by atoms with van der Waals surface area (Å²) in [6.45, 7) is 1.89. The molecule has 112 valence electrons. The topological polar surface area (TPSA) is 83.8 Å². The Bertz CT molecular complexity index is 795. The number of aromatic amines is 1. The molecule has 2 N–H and O–H groups in total. The van der Waals surface area contributed by atoms with Crippen LogP contribution in [0.2, 0.25) is 0 Å². The van der Waals surface area contributed by atoms with E-state index in [9.17, 15) is 4.79 Å². The fraction of sp³-hybridized carbons (Fsp3) is 0.133. The first kappa shape index (κ1) is 14.4. The van der Waals surface area contributed by atoms with Crippen LogP contribution in [0, 0.1) is 6.92 Å². The third kappa shape index (κ3) is 2.75. The molecule has 7 heteroatoms. The van der Waals surface area contributed by atoms with E-state index < -0.39 is 0 Å². The Kier molecular flexibility index (Phi) is 3.97. The number of aromatic nitrogens is 3. The van der Waals surface area contributed by atoms with Crippen LogP contribution in [0.3, 0.4) is 0 Å². The number of H-pyrrole nitrogens is 1. The van der Waals surface area contributed by atoms with Crippen LogP contribution >= 0.6 is 11.8 Å². The third-order valence-electron chi connectivity index (χ3n) is 3.22. The summed E-state index contributed by atoms with van der Waals surface area (Å²) in [5.41, 5.74) is 2.67. The van der Waals surface area contributed by atoms with Crippen molar-refractivity contribution >= 4 is 23.5 Å². The number of amides is 1. The lowest BCUT2D eigenvalue weighted by molar-refractivity contribution is 0.0991. The molecule has 3 aromatic rings. The Balaban J connectivity index is 1.82. The smallest absolute Gasteiger partial charge is 0.292 e. The molecule has 0 aromatic carbocycles. The second kappa shape index (κ2) is 6.07. The molecule has 0 unspecified atom stereocenters. The number of rotatable bonds is 4. The van der Waals surface area contributed by atoms with E-state index in [1.54, 1.807) is 24.5 Å². The lowest BCUT2D eigenvalue weighted by Gasteiger charge is -2.02. The van der Waals surface area contributed by atoms with E-state index >= 15 is 0 Å². The van der Waals surface area contributed by atoms with Crippen molar-refractivity contribution in [3.05, 3.63) is 48.0 Å². The molecule has 3 rings (SSSR count). The van der Waals surface area contributed by atoms with Crippen LogP contribution in [0.15, 0.2) is 46.2 Å². The zero-order valence-corrected chi connectivity index (χ0v) is 12.9. The number of nitrogens with one attached hydrogen (secondary N) is 2. The van der Waals surface area contributed by atoms with E-state index in [0.29, 0.717) is 10.9 Å². The van der Waals surface area contributed by atoms with Gasteiger partial charge in [0.25, 0.3) is 5.91 Å². The van der Waals surface area contributed by atoms with Crippen molar-refractivity contribution in [2.45, 2.75) is 12.0 Å². The number of nitrogens with zero attached hydrogens (tertiary/aromatic N) is 2. The maximum absolute atomic E-state index is 12.2.